The number of unbranched alkanes of at least 4 members (excludes halogenated alkanes) is 2. The zero-order chi connectivity index (χ0) is 14.8. The Kier molecular flexibility index (Phi) is 7.95. The van der Waals surface area contributed by atoms with Gasteiger partial charge in [0, 0.05) is 17.1 Å². The first-order valence-electron chi connectivity index (χ1n) is 6.85. The molecule has 0 saturated carbocycles. The molecule has 1 rings (SSSR count). The molecule has 4 nitrogen and oxygen atoms in total. The van der Waals surface area contributed by atoms with Crippen molar-refractivity contribution in [3.8, 4) is 5.75 Å². The number of ether oxygens (including phenoxy) is 2. The molecule has 0 aliphatic carbocycles. The summed E-state index contributed by atoms with van der Waals surface area (Å²) in [5, 5.41) is 0. The first-order valence-corrected chi connectivity index (χ1v) is 8.17. The van der Waals surface area contributed by atoms with Crippen molar-refractivity contribution >= 4 is 16.8 Å². The molecule has 0 aliphatic rings. The van der Waals surface area contributed by atoms with E-state index in [-0.39, 0.29) is 5.97 Å². The quantitative estimate of drug-likeness (QED) is 0.519. The topological polar surface area (TPSA) is 52.6 Å². The van der Waals surface area contributed by atoms with E-state index in [1.165, 1.54) is 0 Å². The molecule has 0 N–H and O–H groups in total. The summed E-state index contributed by atoms with van der Waals surface area (Å²) in [6.45, 7) is 2.23. The molecule has 1 unspecified atom stereocenters. The predicted octanol–water partition coefficient (Wildman–Crippen LogP) is 2.93. The lowest BCUT2D eigenvalue weighted by Crippen LogP contribution is -2.04. The molecule has 20 heavy (non-hydrogen) atoms. The monoisotopic (exact) mass is 298 g/mol. The molecule has 1 aromatic rings. The minimum Gasteiger partial charge on any atom is -0.497 e. The molecule has 0 saturated heterocycles. The van der Waals surface area contributed by atoms with Gasteiger partial charge < -0.3 is 9.47 Å². The second-order valence-corrected chi connectivity index (χ2v) is 5.92. The van der Waals surface area contributed by atoms with Crippen LogP contribution in [0.2, 0.25) is 0 Å². The van der Waals surface area contributed by atoms with Gasteiger partial charge in [-0.3, -0.25) is 9.00 Å². The van der Waals surface area contributed by atoms with Gasteiger partial charge in [0.2, 0.25) is 0 Å². The molecule has 0 aromatic heterocycles. The highest BCUT2D eigenvalue weighted by Crippen LogP contribution is 2.16. The zero-order valence-corrected chi connectivity index (χ0v) is 12.9. The van der Waals surface area contributed by atoms with Crippen molar-refractivity contribution in [2.45, 2.75) is 37.5 Å². The van der Waals surface area contributed by atoms with Crippen molar-refractivity contribution in [1.29, 1.82) is 0 Å². The van der Waals surface area contributed by atoms with E-state index in [4.69, 9.17) is 9.47 Å². The Hall–Kier alpha value is -1.36. The van der Waals surface area contributed by atoms with E-state index in [9.17, 15) is 9.00 Å². The molecule has 0 heterocycles. The molecule has 0 amide bonds. The molecular weight excluding hydrogens is 276 g/mol. The summed E-state index contributed by atoms with van der Waals surface area (Å²) in [6.07, 6.45) is 2.95. The highest BCUT2D eigenvalue weighted by atomic mass is 32.2. The standard InChI is InChI=1S/C15H22O4S/c1-3-19-15(16)10-5-4-6-11-20(17)14-9-7-8-13(12-14)18-2/h7-9,12H,3-6,10-11H2,1-2H3. The maximum atomic E-state index is 12.1. The summed E-state index contributed by atoms with van der Waals surface area (Å²) in [5.74, 6) is 1.18. The van der Waals surface area contributed by atoms with Crippen molar-refractivity contribution in [3.63, 3.8) is 0 Å². The summed E-state index contributed by atoms with van der Waals surface area (Å²) in [5.41, 5.74) is 0. The molecule has 0 bridgehead atoms. The van der Waals surface area contributed by atoms with Crippen LogP contribution in [0.3, 0.4) is 0 Å². The SMILES string of the molecule is CCOC(=O)CCCCCS(=O)c1cccc(OC)c1. The van der Waals surface area contributed by atoms with Gasteiger partial charge in [0.1, 0.15) is 5.75 Å². The van der Waals surface area contributed by atoms with Gasteiger partial charge in [-0.2, -0.15) is 0 Å². The summed E-state index contributed by atoms with van der Waals surface area (Å²) >= 11 is 0. The van der Waals surface area contributed by atoms with Gasteiger partial charge in [0.15, 0.2) is 0 Å². The molecule has 0 spiro atoms. The number of carbonyl (C=O) groups excluding carboxylic acids is 1. The van der Waals surface area contributed by atoms with Crippen LogP contribution in [-0.2, 0) is 20.3 Å². The highest BCUT2D eigenvalue weighted by Gasteiger charge is 2.06. The largest absolute Gasteiger partial charge is 0.497 e. The van der Waals surface area contributed by atoms with Crippen LogP contribution in [0.1, 0.15) is 32.6 Å². The molecule has 1 aromatic carbocycles. The van der Waals surface area contributed by atoms with Crippen LogP contribution in [0.15, 0.2) is 29.2 Å². The highest BCUT2D eigenvalue weighted by molar-refractivity contribution is 7.85. The lowest BCUT2D eigenvalue weighted by molar-refractivity contribution is -0.143. The van der Waals surface area contributed by atoms with E-state index in [0.29, 0.717) is 18.8 Å². The summed E-state index contributed by atoms with van der Waals surface area (Å²) in [4.78, 5) is 11.9. The molecule has 0 radical (unpaired) electrons. The zero-order valence-electron chi connectivity index (χ0n) is 12.1. The van der Waals surface area contributed by atoms with Crippen LogP contribution in [0.5, 0.6) is 5.75 Å². The van der Waals surface area contributed by atoms with Crippen LogP contribution in [-0.4, -0.2) is 29.6 Å². The van der Waals surface area contributed by atoms with Gasteiger partial charge >= 0.3 is 5.97 Å². The lowest BCUT2D eigenvalue weighted by atomic mass is 10.2. The van der Waals surface area contributed by atoms with E-state index in [0.717, 1.165) is 29.9 Å². The number of carbonyl (C=O) groups is 1. The third-order valence-corrected chi connectivity index (χ3v) is 4.26. The van der Waals surface area contributed by atoms with Gasteiger partial charge in [0.05, 0.1) is 24.5 Å². The average molecular weight is 298 g/mol. The summed E-state index contributed by atoms with van der Waals surface area (Å²) < 4.78 is 22.0. The smallest absolute Gasteiger partial charge is 0.305 e. The fourth-order valence-electron chi connectivity index (χ4n) is 1.77. The van der Waals surface area contributed by atoms with Crippen LogP contribution in [0.25, 0.3) is 0 Å². The first-order chi connectivity index (χ1) is 9.67. The minimum absolute atomic E-state index is 0.151. The van der Waals surface area contributed by atoms with E-state index in [1.54, 1.807) is 20.1 Å². The molecule has 5 heteroatoms. The Bertz CT molecular complexity index is 445. The van der Waals surface area contributed by atoms with Gasteiger partial charge in [0.25, 0.3) is 0 Å². The second-order valence-electron chi connectivity index (χ2n) is 4.34. The first kappa shape index (κ1) is 16.7. The predicted molar refractivity (Wildman–Crippen MR) is 79.4 cm³/mol. The average Bonchev–Trinajstić information content (AvgIpc) is 2.47. The number of hydrogen-bond donors (Lipinski definition) is 0. The Labute approximate surface area is 122 Å². The van der Waals surface area contributed by atoms with Gasteiger partial charge in [-0.05, 0) is 38.0 Å². The van der Waals surface area contributed by atoms with Crippen LogP contribution >= 0.6 is 0 Å². The molecule has 0 fully saturated rings. The number of rotatable bonds is 9. The van der Waals surface area contributed by atoms with Crippen molar-refractivity contribution in [3.05, 3.63) is 24.3 Å². The van der Waals surface area contributed by atoms with Crippen LogP contribution in [0, 0.1) is 0 Å². The second kappa shape index (κ2) is 9.53. The van der Waals surface area contributed by atoms with Crippen molar-refractivity contribution in [2.24, 2.45) is 0 Å². The summed E-state index contributed by atoms with van der Waals surface area (Å²) in [6, 6.07) is 7.32. The Balaban J connectivity index is 2.24. The summed E-state index contributed by atoms with van der Waals surface area (Å²) in [7, 11) is 0.586. The van der Waals surface area contributed by atoms with Gasteiger partial charge in [-0.25, -0.2) is 0 Å². The number of benzene rings is 1. The number of esters is 1. The Morgan fingerprint density at radius 3 is 2.75 bits per heavy atom. The maximum Gasteiger partial charge on any atom is 0.305 e. The Morgan fingerprint density at radius 2 is 2.05 bits per heavy atom. The minimum atomic E-state index is -1.01. The fourth-order valence-corrected chi connectivity index (χ4v) is 2.95. The maximum absolute atomic E-state index is 12.1. The molecule has 1 atom stereocenters. The Morgan fingerprint density at radius 1 is 1.25 bits per heavy atom. The van der Waals surface area contributed by atoms with Crippen LogP contribution < -0.4 is 4.74 Å². The van der Waals surface area contributed by atoms with E-state index in [2.05, 4.69) is 0 Å². The van der Waals surface area contributed by atoms with Crippen molar-refractivity contribution in [2.75, 3.05) is 19.5 Å². The van der Waals surface area contributed by atoms with Crippen molar-refractivity contribution in [1.82, 2.24) is 0 Å². The van der Waals surface area contributed by atoms with E-state index >= 15 is 0 Å². The van der Waals surface area contributed by atoms with Gasteiger partial charge in [-0.1, -0.05) is 12.5 Å². The number of methoxy groups -OCH3 is 1. The van der Waals surface area contributed by atoms with Gasteiger partial charge in [-0.15, -0.1) is 0 Å². The molecule has 0 aliphatic heterocycles. The third-order valence-electron chi connectivity index (χ3n) is 2.82. The number of hydrogen-bond acceptors (Lipinski definition) is 4. The van der Waals surface area contributed by atoms with Crippen molar-refractivity contribution < 1.29 is 18.5 Å². The fraction of sp³-hybridized carbons (Fsp3) is 0.533. The van der Waals surface area contributed by atoms with E-state index < -0.39 is 10.8 Å². The lowest BCUT2D eigenvalue weighted by Gasteiger charge is -2.05. The molecule has 112 valence electrons. The third kappa shape index (κ3) is 6.19. The van der Waals surface area contributed by atoms with Crippen LogP contribution in [0.4, 0.5) is 0 Å². The molecular formula is C15H22O4S. The normalized spacial score (nSPS) is 11.9. The van der Waals surface area contributed by atoms with E-state index in [1.807, 2.05) is 18.2 Å².